The van der Waals surface area contributed by atoms with E-state index in [9.17, 15) is 13.0 Å². The molecule has 164 valence electrons. The SMILES string of the molecule is O=S(=O)(O)CCCP(=[Se])(C12CC3CC(CC(C3)C1)C2)C12CC3CC(CC(C3)C1)C2. The van der Waals surface area contributed by atoms with Crippen LogP contribution in [0, 0.1) is 35.5 Å². The Kier molecular flexibility index (Phi) is 4.72. The molecular formula is C23H37O3PSSe. The van der Waals surface area contributed by atoms with Gasteiger partial charge in [0.05, 0.1) is 0 Å². The molecule has 8 saturated carbocycles. The third-order valence-electron chi connectivity index (χ3n) is 10.4. The van der Waals surface area contributed by atoms with Gasteiger partial charge in [-0.2, -0.15) is 0 Å². The van der Waals surface area contributed by atoms with Crippen molar-refractivity contribution in [3.05, 3.63) is 0 Å². The van der Waals surface area contributed by atoms with E-state index in [1.807, 2.05) is 0 Å². The molecule has 29 heavy (non-hydrogen) atoms. The van der Waals surface area contributed by atoms with Crippen LogP contribution in [-0.2, 0) is 10.1 Å². The van der Waals surface area contributed by atoms with Gasteiger partial charge in [-0.15, -0.1) is 0 Å². The van der Waals surface area contributed by atoms with Gasteiger partial charge in [-0.25, -0.2) is 0 Å². The summed E-state index contributed by atoms with van der Waals surface area (Å²) in [5, 5.41) is 1.01. The van der Waals surface area contributed by atoms with Crippen LogP contribution in [0.2, 0.25) is 0 Å². The first-order chi connectivity index (χ1) is 13.7. The summed E-state index contributed by atoms with van der Waals surface area (Å²) in [7, 11) is -3.85. The molecule has 0 aromatic carbocycles. The van der Waals surface area contributed by atoms with Crippen molar-refractivity contribution >= 4 is 30.7 Å². The van der Waals surface area contributed by atoms with Crippen molar-refractivity contribution in [2.75, 3.05) is 11.9 Å². The Morgan fingerprint density at radius 1 is 0.724 bits per heavy atom. The van der Waals surface area contributed by atoms with Crippen LogP contribution in [-0.4, -0.2) is 50.3 Å². The molecule has 0 saturated heterocycles. The van der Waals surface area contributed by atoms with Gasteiger partial charge in [0.2, 0.25) is 0 Å². The fourth-order valence-corrected chi connectivity index (χ4v) is 20.7. The second-order valence-electron chi connectivity index (χ2n) is 12.4. The van der Waals surface area contributed by atoms with Gasteiger partial charge in [-0.05, 0) is 0 Å². The van der Waals surface area contributed by atoms with E-state index in [0.29, 0.717) is 16.7 Å². The molecule has 8 rings (SSSR count). The van der Waals surface area contributed by atoms with Crippen molar-refractivity contribution in [2.24, 2.45) is 35.5 Å². The molecular weight excluding hydrogens is 466 g/mol. The van der Waals surface area contributed by atoms with Crippen LogP contribution in [0.4, 0.5) is 0 Å². The average molecular weight is 504 g/mol. The average Bonchev–Trinajstić information content (AvgIpc) is 2.58. The molecule has 8 aliphatic rings. The molecule has 8 fully saturated rings. The summed E-state index contributed by atoms with van der Waals surface area (Å²) in [6.45, 7) is 0. The molecule has 1 N–H and O–H groups in total. The number of hydrogen-bond donors (Lipinski definition) is 1. The predicted molar refractivity (Wildman–Crippen MR) is 120 cm³/mol. The fraction of sp³-hybridized carbons (Fsp3) is 1.00. The van der Waals surface area contributed by atoms with Crippen LogP contribution in [0.1, 0.15) is 83.5 Å². The molecule has 0 atom stereocenters. The zero-order chi connectivity index (χ0) is 20.1. The molecule has 0 spiro atoms. The van der Waals surface area contributed by atoms with E-state index >= 15 is 0 Å². The summed E-state index contributed by atoms with van der Waals surface area (Å²) < 4.78 is 32.6. The van der Waals surface area contributed by atoms with Crippen LogP contribution < -0.4 is 0 Å². The number of hydrogen-bond acceptors (Lipinski definition) is 2. The molecule has 0 radical (unpaired) electrons. The molecule has 0 unspecified atom stereocenters. The zero-order valence-corrected chi connectivity index (χ0v) is 21.0. The molecule has 0 heterocycles. The summed E-state index contributed by atoms with van der Waals surface area (Å²) in [6.07, 6.45) is 19.2. The maximum atomic E-state index is 11.6. The fourth-order valence-electron chi connectivity index (χ4n) is 10.5. The summed E-state index contributed by atoms with van der Waals surface area (Å²) in [6, 6.07) is 0. The van der Waals surface area contributed by atoms with E-state index in [2.05, 4.69) is 15.1 Å². The van der Waals surface area contributed by atoms with E-state index in [4.69, 9.17) is 0 Å². The van der Waals surface area contributed by atoms with Gasteiger partial charge < -0.3 is 0 Å². The predicted octanol–water partition coefficient (Wildman–Crippen LogP) is 5.30. The molecule has 8 aliphatic carbocycles. The Morgan fingerprint density at radius 3 is 1.31 bits per heavy atom. The van der Waals surface area contributed by atoms with E-state index in [0.717, 1.165) is 41.7 Å². The van der Waals surface area contributed by atoms with Crippen LogP contribution in [0.25, 0.3) is 0 Å². The van der Waals surface area contributed by atoms with Crippen LogP contribution in [0.15, 0.2) is 0 Å². The van der Waals surface area contributed by atoms with Crippen LogP contribution in [0.5, 0.6) is 0 Å². The first kappa shape index (κ1) is 20.5. The normalized spacial score (nSPS) is 52.0. The topological polar surface area (TPSA) is 54.4 Å². The minimum absolute atomic E-state index is 0.0326. The number of rotatable bonds is 6. The third-order valence-corrected chi connectivity index (χ3v) is 22.4. The van der Waals surface area contributed by atoms with E-state index in [1.54, 1.807) is 0 Å². The Hall–Kier alpha value is 0.859. The Balaban J connectivity index is 1.40. The van der Waals surface area contributed by atoms with Gasteiger partial charge in [-0.3, -0.25) is 0 Å². The minimum atomic E-state index is -3.85. The van der Waals surface area contributed by atoms with Crippen LogP contribution >= 0.6 is 5.51 Å². The summed E-state index contributed by atoms with van der Waals surface area (Å²) in [5.41, 5.74) is -1.45. The molecule has 0 aromatic heterocycles. The van der Waals surface area contributed by atoms with Gasteiger partial charge in [0.15, 0.2) is 0 Å². The second-order valence-corrected chi connectivity index (χ2v) is 21.7. The zero-order valence-electron chi connectivity index (χ0n) is 17.6. The Labute approximate surface area is 184 Å². The van der Waals surface area contributed by atoms with Gasteiger partial charge in [-0.1, -0.05) is 0 Å². The van der Waals surface area contributed by atoms with Crippen molar-refractivity contribution in [3.8, 4) is 0 Å². The third kappa shape index (κ3) is 3.18. The van der Waals surface area contributed by atoms with Crippen molar-refractivity contribution in [2.45, 2.75) is 93.8 Å². The van der Waals surface area contributed by atoms with E-state index in [1.165, 1.54) is 77.0 Å². The molecule has 8 bridgehead atoms. The first-order valence-corrected chi connectivity index (χ1v) is 18.0. The first-order valence-electron chi connectivity index (χ1n) is 12.2. The quantitative estimate of drug-likeness (QED) is 0.304. The molecule has 0 aliphatic heterocycles. The molecule has 0 amide bonds. The molecule has 6 heteroatoms. The second kappa shape index (κ2) is 6.69. The summed E-state index contributed by atoms with van der Waals surface area (Å²) in [5.74, 6) is 5.66. The van der Waals surface area contributed by atoms with Gasteiger partial charge in [0, 0.05) is 0 Å². The van der Waals surface area contributed by atoms with Crippen molar-refractivity contribution in [1.29, 1.82) is 0 Å². The van der Waals surface area contributed by atoms with Gasteiger partial charge in [0.25, 0.3) is 0 Å². The summed E-state index contributed by atoms with van der Waals surface area (Å²) in [4.78, 5) is 0. The molecule has 0 aromatic rings. The van der Waals surface area contributed by atoms with E-state index < -0.39 is 15.6 Å². The molecule has 3 nitrogen and oxygen atoms in total. The summed E-state index contributed by atoms with van der Waals surface area (Å²) >= 11 is 4.03. The van der Waals surface area contributed by atoms with Crippen molar-refractivity contribution in [1.82, 2.24) is 0 Å². The van der Waals surface area contributed by atoms with Gasteiger partial charge in [0.1, 0.15) is 0 Å². The Morgan fingerprint density at radius 2 is 1.03 bits per heavy atom. The standard InChI is InChI=1S/C23H37O3PSSe/c24-28(25,26)3-1-2-27(29,22-10-16-4-17(11-22)6-18(5-16)12-22)23-13-19-7-20(14-23)9-21(8-19)15-23/h16-21H,1-15H2,(H,24,25,26). The van der Waals surface area contributed by atoms with Crippen molar-refractivity contribution < 1.29 is 13.0 Å². The van der Waals surface area contributed by atoms with Gasteiger partial charge >= 0.3 is 185 Å². The monoisotopic (exact) mass is 504 g/mol. The van der Waals surface area contributed by atoms with E-state index in [-0.39, 0.29) is 5.75 Å². The van der Waals surface area contributed by atoms with Crippen LogP contribution in [0.3, 0.4) is 0 Å². The van der Waals surface area contributed by atoms with Crippen molar-refractivity contribution in [3.63, 3.8) is 0 Å². The maximum absolute atomic E-state index is 11.6. The Bertz CT molecular complexity index is 732.